The van der Waals surface area contributed by atoms with Crippen LogP contribution in [-0.4, -0.2) is 23.2 Å². The minimum atomic E-state index is -0.278. The van der Waals surface area contributed by atoms with Gasteiger partial charge in [0.1, 0.15) is 0 Å². The fourth-order valence-corrected chi connectivity index (χ4v) is 2.27. The Morgan fingerprint density at radius 1 is 1.17 bits per heavy atom. The van der Waals surface area contributed by atoms with Crippen LogP contribution in [0.25, 0.3) is 0 Å². The third kappa shape index (κ3) is 6.34. The zero-order valence-electron chi connectivity index (χ0n) is 14.6. The van der Waals surface area contributed by atoms with Gasteiger partial charge < -0.3 is 10.6 Å². The largest absolute Gasteiger partial charge is 0.355 e. The van der Waals surface area contributed by atoms with Gasteiger partial charge in [0.2, 0.25) is 11.8 Å². The lowest BCUT2D eigenvalue weighted by atomic mass is 9.92. The molecule has 0 radical (unpaired) electrons. The van der Waals surface area contributed by atoms with Gasteiger partial charge in [0, 0.05) is 18.7 Å². The van der Waals surface area contributed by atoms with Crippen LogP contribution < -0.4 is 10.6 Å². The van der Waals surface area contributed by atoms with Crippen molar-refractivity contribution in [2.24, 2.45) is 5.41 Å². The first-order valence-corrected chi connectivity index (χ1v) is 8.85. The molecule has 128 valence electrons. The number of carbonyl (C=O) groups is 2. The number of halogens is 1. The molecule has 0 aliphatic heterocycles. The van der Waals surface area contributed by atoms with Crippen LogP contribution >= 0.6 is 15.9 Å². The van der Waals surface area contributed by atoms with Gasteiger partial charge in [-0.25, -0.2) is 0 Å². The zero-order chi connectivity index (χ0) is 17.6. The van der Waals surface area contributed by atoms with E-state index in [4.69, 9.17) is 0 Å². The van der Waals surface area contributed by atoms with Gasteiger partial charge in [-0.15, -0.1) is 0 Å². The van der Waals surface area contributed by atoms with Crippen molar-refractivity contribution in [1.82, 2.24) is 5.32 Å². The van der Waals surface area contributed by atoms with Crippen LogP contribution in [0.2, 0.25) is 0 Å². The first-order valence-electron chi connectivity index (χ1n) is 7.93. The summed E-state index contributed by atoms with van der Waals surface area (Å²) in [6.45, 7) is 10.5. The van der Waals surface area contributed by atoms with Crippen LogP contribution in [0, 0.1) is 5.41 Å². The monoisotopic (exact) mass is 382 g/mol. The van der Waals surface area contributed by atoms with E-state index >= 15 is 0 Å². The first kappa shape index (κ1) is 19.7. The smallest absolute Gasteiger partial charge is 0.234 e. The summed E-state index contributed by atoms with van der Waals surface area (Å²) in [4.78, 5) is 23.8. The number of benzene rings is 1. The van der Waals surface area contributed by atoms with Crippen molar-refractivity contribution in [2.75, 3.05) is 11.9 Å². The average Bonchev–Trinajstić information content (AvgIpc) is 2.45. The van der Waals surface area contributed by atoms with Gasteiger partial charge >= 0.3 is 0 Å². The number of rotatable bonds is 6. The van der Waals surface area contributed by atoms with Gasteiger partial charge in [0.15, 0.2) is 0 Å². The number of anilines is 1. The molecule has 1 rings (SSSR count). The number of para-hydroxylation sites is 1. The summed E-state index contributed by atoms with van der Waals surface area (Å²) < 4.78 is 0. The van der Waals surface area contributed by atoms with E-state index in [1.807, 2.05) is 45.0 Å². The Hall–Kier alpha value is -1.36. The quantitative estimate of drug-likeness (QED) is 0.728. The highest BCUT2D eigenvalue weighted by Crippen LogP contribution is 2.26. The topological polar surface area (TPSA) is 58.2 Å². The summed E-state index contributed by atoms with van der Waals surface area (Å²) in [6.07, 6.45) is 0.252. The van der Waals surface area contributed by atoms with E-state index in [1.54, 1.807) is 0 Å². The lowest BCUT2D eigenvalue weighted by molar-refractivity contribution is -0.122. The molecule has 1 aromatic carbocycles. The Kier molecular flexibility index (Phi) is 7.26. The van der Waals surface area contributed by atoms with Gasteiger partial charge in [-0.3, -0.25) is 9.59 Å². The van der Waals surface area contributed by atoms with E-state index in [1.165, 1.54) is 0 Å². The summed E-state index contributed by atoms with van der Waals surface area (Å²) in [7, 11) is 0. The molecule has 0 spiro atoms. The fourth-order valence-electron chi connectivity index (χ4n) is 2.11. The summed E-state index contributed by atoms with van der Waals surface area (Å²) >= 11 is 3.40. The Morgan fingerprint density at radius 3 is 2.35 bits per heavy atom. The molecule has 4 nitrogen and oxygen atoms in total. The Morgan fingerprint density at radius 2 is 1.78 bits per heavy atom. The summed E-state index contributed by atoms with van der Waals surface area (Å²) in [5.74, 6) is 0.153. The van der Waals surface area contributed by atoms with Gasteiger partial charge in [-0.05, 0) is 23.0 Å². The molecule has 0 aliphatic carbocycles. The van der Waals surface area contributed by atoms with E-state index in [0.717, 1.165) is 11.3 Å². The van der Waals surface area contributed by atoms with Crippen molar-refractivity contribution >= 4 is 33.4 Å². The second-order valence-electron chi connectivity index (χ2n) is 7.06. The van der Waals surface area contributed by atoms with E-state index < -0.39 is 0 Å². The van der Waals surface area contributed by atoms with Crippen LogP contribution in [0.3, 0.4) is 0 Å². The Bertz CT molecular complexity index is 550. The molecule has 1 aromatic rings. The molecule has 0 aromatic heterocycles. The first-order chi connectivity index (χ1) is 10.6. The van der Waals surface area contributed by atoms with Crippen LogP contribution in [0.1, 0.15) is 52.5 Å². The predicted octanol–water partition coefficient (Wildman–Crippen LogP) is 4.06. The van der Waals surface area contributed by atoms with Gasteiger partial charge in [0.05, 0.1) is 4.83 Å². The zero-order valence-corrected chi connectivity index (χ0v) is 16.2. The molecule has 23 heavy (non-hydrogen) atoms. The highest BCUT2D eigenvalue weighted by Gasteiger charge is 2.28. The van der Waals surface area contributed by atoms with Crippen LogP contribution in [0.15, 0.2) is 24.3 Å². The van der Waals surface area contributed by atoms with Gasteiger partial charge in [0.25, 0.3) is 0 Å². The molecule has 2 amide bonds. The maximum absolute atomic E-state index is 12.1. The van der Waals surface area contributed by atoms with Crippen LogP contribution in [-0.2, 0) is 9.59 Å². The third-order valence-corrected chi connectivity index (χ3v) is 5.29. The van der Waals surface area contributed by atoms with Gasteiger partial charge in [-0.2, -0.15) is 0 Å². The predicted molar refractivity (Wildman–Crippen MR) is 99.0 cm³/mol. The molecular formula is C18H27BrN2O2. The molecule has 5 heteroatoms. The minimum Gasteiger partial charge on any atom is -0.355 e. The third-order valence-electron chi connectivity index (χ3n) is 3.50. The molecule has 0 heterocycles. The molecule has 0 saturated heterocycles. The fraction of sp³-hybridized carbons (Fsp3) is 0.556. The van der Waals surface area contributed by atoms with Crippen molar-refractivity contribution in [3.05, 3.63) is 29.8 Å². The molecule has 2 N–H and O–H groups in total. The highest BCUT2D eigenvalue weighted by atomic mass is 79.9. The number of alkyl halides is 1. The molecule has 0 fully saturated rings. The van der Waals surface area contributed by atoms with Crippen LogP contribution in [0.4, 0.5) is 5.69 Å². The Labute approximate surface area is 147 Å². The number of carbonyl (C=O) groups excluding carboxylic acids is 2. The molecular weight excluding hydrogens is 356 g/mol. The lowest BCUT2D eigenvalue weighted by Crippen LogP contribution is -2.39. The molecule has 1 atom stereocenters. The van der Waals surface area contributed by atoms with E-state index in [9.17, 15) is 9.59 Å². The maximum Gasteiger partial charge on any atom is 0.234 e. The minimum absolute atomic E-state index is 0.0899. The number of hydrogen-bond donors (Lipinski definition) is 2. The number of nitrogens with one attached hydrogen (secondary N) is 2. The van der Waals surface area contributed by atoms with Crippen molar-refractivity contribution in [3.8, 4) is 0 Å². The molecule has 0 saturated carbocycles. The highest BCUT2D eigenvalue weighted by molar-refractivity contribution is 9.10. The summed E-state index contributed by atoms with van der Waals surface area (Å²) in [6, 6.07) is 7.79. The number of amides is 2. The maximum atomic E-state index is 12.1. The van der Waals surface area contributed by atoms with Crippen molar-refractivity contribution in [2.45, 2.75) is 51.8 Å². The molecule has 0 aliphatic rings. The Balaban J connectivity index is 2.49. The summed E-state index contributed by atoms with van der Waals surface area (Å²) in [5.41, 5.74) is 1.78. The van der Waals surface area contributed by atoms with Crippen molar-refractivity contribution in [1.29, 1.82) is 0 Å². The van der Waals surface area contributed by atoms with E-state index in [2.05, 4.69) is 40.4 Å². The second kappa shape index (κ2) is 8.48. The van der Waals surface area contributed by atoms with E-state index in [0.29, 0.717) is 12.5 Å². The van der Waals surface area contributed by atoms with Crippen molar-refractivity contribution in [3.63, 3.8) is 0 Å². The summed E-state index contributed by atoms with van der Waals surface area (Å²) in [5, 5.41) is 5.72. The van der Waals surface area contributed by atoms with Gasteiger partial charge in [-0.1, -0.05) is 68.7 Å². The SMILES string of the molecule is CC(C)c1ccccc1NC(=O)CCNC(=O)C(Br)C(C)(C)C. The standard InChI is InChI=1S/C18H27BrN2O2/c1-12(2)13-8-6-7-9-14(13)21-15(22)10-11-20-17(23)16(19)18(3,4)5/h6-9,12,16H,10-11H2,1-5H3,(H,20,23)(H,21,22). The molecule has 0 bridgehead atoms. The molecule has 1 unspecified atom stereocenters. The van der Waals surface area contributed by atoms with Crippen molar-refractivity contribution < 1.29 is 9.59 Å². The second-order valence-corrected chi connectivity index (χ2v) is 7.98. The number of hydrogen-bond acceptors (Lipinski definition) is 2. The average molecular weight is 383 g/mol. The lowest BCUT2D eigenvalue weighted by Gasteiger charge is -2.24. The normalized spacial score (nSPS) is 12.8. The van der Waals surface area contributed by atoms with Crippen LogP contribution in [0.5, 0.6) is 0 Å². The van der Waals surface area contributed by atoms with E-state index in [-0.39, 0.29) is 28.5 Å².